The third-order valence-corrected chi connectivity index (χ3v) is 7.65. The predicted molar refractivity (Wildman–Crippen MR) is 147 cm³/mol. The first kappa shape index (κ1) is 26.8. The van der Waals surface area contributed by atoms with Crippen LogP contribution >= 0.6 is 11.3 Å². The molecule has 37 heavy (non-hydrogen) atoms. The lowest BCUT2D eigenvalue weighted by atomic mass is 9.99. The second-order valence-electron chi connectivity index (χ2n) is 10.3. The number of anilines is 1. The Morgan fingerprint density at radius 1 is 1.27 bits per heavy atom. The number of carbonyl (C=O) groups excluding carboxylic acids is 1. The molecule has 0 saturated carbocycles. The van der Waals surface area contributed by atoms with E-state index in [9.17, 15) is 15.2 Å². The first-order valence-corrected chi connectivity index (χ1v) is 13.5. The van der Waals surface area contributed by atoms with E-state index in [1.807, 2.05) is 51.1 Å². The number of rotatable bonds is 10. The lowest BCUT2D eigenvalue weighted by Crippen LogP contribution is -2.42. The van der Waals surface area contributed by atoms with Crippen LogP contribution in [0.15, 0.2) is 41.8 Å². The summed E-state index contributed by atoms with van der Waals surface area (Å²) in [6.45, 7) is 8.45. The van der Waals surface area contributed by atoms with E-state index in [-0.39, 0.29) is 19.1 Å². The largest absolute Gasteiger partial charge is 0.488 e. The Morgan fingerprint density at radius 3 is 2.76 bits per heavy atom. The average molecular weight is 519 g/mol. The standard InChI is InChI=1S/C29H34N4O3S/c1-20-4-7-27(25(12-20)26-18-37-28(32-26)33-10-8-21(16-34)9-11-33)36-17-23-6-5-22(13-24(23)14-30)15-31-29(2,3)19-35/h4-7,12-13,16,18,21,31,35H,8-11,15,17,19H2,1-3H3. The third-order valence-electron chi connectivity index (χ3n) is 6.75. The number of hydrogen-bond acceptors (Lipinski definition) is 8. The lowest BCUT2D eigenvalue weighted by molar-refractivity contribution is -0.111. The molecule has 2 aromatic carbocycles. The summed E-state index contributed by atoms with van der Waals surface area (Å²) in [5.41, 5.74) is 4.88. The predicted octanol–water partition coefficient (Wildman–Crippen LogP) is 4.85. The molecule has 0 spiro atoms. The quantitative estimate of drug-likeness (QED) is 0.370. The van der Waals surface area contributed by atoms with E-state index in [0.717, 1.165) is 71.0 Å². The number of benzene rings is 2. The van der Waals surface area contributed by atoms with E-state index in [1.165, 1.54) is 0 Å². The van der Waals surface area contributed by atoms with E-state index in [2.05, 4.69) is 27.7 Å². The minimum absolute atomic E-state index is 0.0298. The maximum atomic E-state index is 11.1. The molecule has 0 atom stereocenters. The van der Waals surface area contributed by atoms with Crippen molar-refractivity contribution in [3.05, 3.63) is 64.0 Å². The number of aryl methyl sites for hydroxylation is 1. The Hall–Kier alpha value is -3.25. The highest BCUT2D eigenvalue weighted by Crippen LogP contribution is 2.35. The molecule has 0 aliphatic carbocycles. The number of nitrogens with one attached hydrogen (secondary N) is 1. The van der Waals surface area contributed by atoms with Gasteiger partial charge in [0.1, 0.15) is 18.6 Å². The second-order valence-corrected chi connectivity index (χ2v) is 11.1. The summed E-state index contributed by atoms with van der Waals surface area (Å²) in [4.78, 5) is 18.2. The van der Waals surface area contributed by atoms with E-state index in [1.54, 1.807) is 11.3 Å². The summed E-state index contributed by atoms with van der Waals surface area (Å²) in [7, 11) is 0. The molecular formula is C29H34N4O3S. The zero-order valence-electron chi connectivity index (χ0n) is 21.7. The Labute approximate surface area is 222 Å². The highest BCUT2D eigenvalue weighted by Gasteiger charge is 2.22. The zero-order chi connectivity index (χ0) is 26.4. The van der Waals surface area contributed by atoms with Crippen LogP contribution in [-0.2, 0) is 17.9 Å². The summed E-state index contributed by atoms with van der Waals surface area (Å²) < 4.78 is 6.24. The molecule has 194 valence electrons. The van der Waals surface area contributed by atoms with Gasteiger partial charge in [-0.25, -0.2) is 4.98 Å². The van der Waals surface area contributed by atoms with Gasteiger partial charge < -0.3 is 24.9 Å². The SMILES string of the molecule is Cc1ccc(OCc2ccc(CNC(C)(C)CO)cc2C#N)c(-c2csc(N3CCC(C=O)CC3)n2)c1. The third kappa shape index (κ3) is 6.75. The number of thiazole rings is 1. The Bertz CT molecular complexity index is 1270. The van der Waals surface area contributed by atoms with Gasteiger partial charge in [0.05, 0.1) is 23.9 Å². The molecule has 8 heteroatoms. The fourth-order valence-electron chi connectivity index (χ4n) is 4.25. The zero-order valence-corrected chi connectivity index (χ0v) is 22.5. The van der Waals surface area contributed by atoms with E-state index < -0.39 is 5.54 Å². The molecule has 0 bridgehead atoms. The van der Waals surface area contributed by atoms with Gasteiger partial charge in [0.25, 0.3) is 0 Å². The summed E-state index contributed by atoms with van der Waals surface area (Å²) >= 11 is 1.61. The molecule has 4 rings (SSSR count). The van der Waals surface area contributed by atoms with Crippen molar-refractivity contribution in [3.8, 4) is 23.1 Å². The Morgan fingerprint density at radius 2 is 2.05 bits per heavy atom. The first-order valence-electron chi connectivity index (χ1n) is 12.6. The molecule has 3 aromatic rings. The van der Waals surface area contributed by atoms with Crippen molar-refractivity contribution >= 4 is 22.8 Å². The highest BCUT2D eigenvalue weighted by molar-refractivity contribution is 7.14. The molecule has 0 radical (unpaired) electrons. The van der Waals surface area contributed by atoms with Crippen molar-refractivity contribution in [2.24, 2.45) is 5.92 Å². The molecule has 1 fully saturated rings. The summed E-state index contributed by atoms with van der Waals surface area (Å²) in [6.07, 6.45) is 2.81. The first-order chi connectivity index (χ1) is 17.8. The van der Waals surface area contributed by atoms with Gasteiger partial charge in [-0.15, -0.1) is 11.3 Å². The van der Waals surface area contributed by atoms with Crippen LogP contribution in [0.1, 0.15) is 48.9 Å². The minimum Gasteiger partial charge on any atom is -0.488 e. The van der Waals surface area contributed by atoms with Crippen LogP contribution in [0.2, 0.25) is 0 Å². The Balaban J connectivity index is 1.48. The smallest absolute Gasteiger partial charge is 0.185 e. The van der Waals surface area contributed by atoms with Crippen LogP contribution in [0.5, 0.6) is 5.75 Å². The van der Waals surface area contributed by atoms with Gasteiger partial charge in [-0.2, -0.15) is 5.26 Å². The van der Waals surface area contributed by atoms with Crippen molar-refractivity contribution in [2.75, 3.05) is 24.6 Å². The number of nitriles is 1. The van der Waals surface area contributed by atoms with Crippen molar-refractivity contribution in [3.63, 3.8) is 0 Å². The fraction of sp³-hybridized carbons (Fsp3) is 0.414. The van der Waals surface area contributed by atoms with Crippen LogP contribution in [-0.4, -0.2) is 41.6 Å². The number of aliphatic hydroxyl groups is 1. The molecule has 2 heterocycles. The number of carbonyl (C=O) groups is 1. The van der Waals surface area contributed by atoms with Crippen molar-refractivity contribution in [1.82, 2.24) is 10.3 Å². The molecule has 1 aliphatic rings. The number of ether oxygens (including phenoxy) is 1. The van der Waals surface area contributed by atoms with Gasteiger partial charge in [0.15, 0.2) is 5.13 Å². The van der Waals surface area contributed by atoms with Crippen LogP contribution < -0.4 is 15.0 Å². The average Bonchev–Trinajstić information content (AvgIpc) is 3.41. The van der Waals surface area contributed by atoms with Gasteiger partial charge >= 0.3 is 0 Å². The number of nitrogens with zero attached hydrogens (tertiary/aromatic N) is 3. The second kappa shape index (κ2) is 11.9. The molecule has 0 unspecified atom stereocenters. The van der Waals surface area contributed by atoms with Gasteiger partial charge in [-0.1, -0.05) is 23.8 Å². The topological polar surface area (TPSA) is 98.5 Å². The van der Waals surface area contributed by atoms with Crippen molar-refractivity contribution < 1.29 is 14.6 Å². The van der Waals surface area contributed by atoms with Gasteiger partial charge in [0, 0.05) is 47.6 Å². The van der Waals surface area contributed by atoms with Crippen LogP contribution in [0, 0.1) is 24.2 Å². The molecular weight excluding hydrogens is 484 g/mol. The molecule has 7 nitrogen and oxygen atoms in total. The number of aliphatic hydroxyl groups excluding tert-OH is 1. The van der Waals surface area contributed by atoms with Crippen LogP contribution in [0.4, 0.5) is 5.13 Å². The van der Waals surface area contributed by atoms with Gasteiger partial charge in [-0.05, 0) is 57.4 Å². The summed E-state index contributed by atoms with van der Waals surface area (Å²) in [5.74, 6) is 0.880. The molecule has 1 saturated heterocycles. The number of aldehydes is 1. The number of piperidine rings is 1. The number of aromatic nitrogens is 1. The van der Waals surface area contributed by atoms with E-state index in [0.29, 0.717) is 12.1 Å². The van der Waals surface area contributed by atoms with Crippen LogP contribution in [0.3, 0.4) is 0 Å². The van der Waals surface area contributed by atoms with Crippen LogP contribution in [0.25, 0.3) is 11.3 Å². The molecule has 0 amide bonds. The van der Waals surface area contributed by atoms with Crippen molar-refractivity contribution in [2.45, 2.75) is 52.3 Å². The Kier molecular flexibility index (Phi) is 8.59. The maximum Gasteiger partial charge on any atom is 0.185 e. The van der Waals surface area contributed by atoms with Gasteiger partial charge in [0.2, 0.25) is 0 Å². The van der Waals surface area contributed by atoms with E-state index in [4.69, 9.17) is 9.72 Å². The fourth-order valence-corrected chi connectivity index (χ4v) is 5.13. The lowest BCUT2D eigenvalue weighted by Gasteiger charge is -2.29. The van der Waals surface area contributed by atoms with E-state index >= 15 is 0 Å². The normalized spacial score (nSPS) is 14.4. The molecule has 2 N–H and O–H groups in total. The van der Waals surface area contributed by atoms with Gasteiger partial charge in [-0.3, -0.25) is 0 Å². The number of hydrogen-bond donors (Lipinski definition) is 2. The summed E-state index contributed by atoms with van der Waals surface area (Å²) in [5, 5.41) is 25.5. The minimum atomic E-state index is -0.391. The highest BCUT2D eigenvalue weighted by atomic mass is 32.1. The van der Waals surface area contributed by atoms with Crippen molar-refractivity contribution in [1.29, 1.82) is 5.26 Å². The summed E-state index contributed by atoms with van der Waals surface area (Å²) in [6, 6.07) is 14.1. The molecule has 1 aliphatic heterocycles. The monoisotopic (exact) mass is 518 g/mol. The molecule has 1 aromatic heterocycles. The maximum absolute atomic E-state index is 11.1.